The van der Waals surface area contributed by atoms with E-state index in [4.69, 9.17) is 4.74 Å². The Morgan fingerprint density at radius 3 is 2.74 bits per heavy atom. The van der Waals surface area contributed by atoms with Crippen LogP contribution in [0.3, 0.4) is 0 Å². The molecule has 1 aliphatic rings. The SMILES string of the molecule is COC(=O)C(c1nncn1CC(C)C)C1CCCC1. The fourth-order valence-electron chi connectivity index (χ4n) is 2.97. The summed E-state index contributed by atoms with van der Waals surface area (Å²) < 4.78 is 6.99. The Bertz CT molecular complexity index is 422. The predicted octanol–water partition coefficient (Wildman–Crippen LogP) is 2.38. The zero-order valence-electron chi connectivity index (χ0n) is 12.0. The molecular formula is C14H23N3O2. The van der Waals surface area contributed by atoms with Crippen LogP contribution in [0, 0.1) is 11.8 Å². The fourth-order valence-corrected chi connectivity index (χ4v) is 2.97. The summed E-state index contributed by atoms with van der Waals surface area (Å²) in [5.74, 6) is 1.19. The molecule has 1 unspecified atom stereocenters. The molecular weight excluding hydrogens is 242 g/mol. The lowest BCUT2D eigenvalue weighted by molar-refractivity contribution is -0.144. The molecule has 2 rings (SSSR count). The standard InChI is InChI=1S/C14H23N3O2/c1-10(2)8-17-9-15-16-13(17)12(14(18)19-3)11-6-4-5-7-11/h9-12H,4-8H2,1-3H3. The monoisotopic (exact) mass is 265 g/mol. The van der Waals surface area contributed by atoms with Crippen molar-refractivity contribution in [1.82, 2.24) is 14.8 Å². The lowest BCUT2D eigenvalue weighted by Crippen LogP contribution is -2.25. The molecule has 0 N–H and O–H groups in total. The number of esters is 1. The van der Waals surface area contributed by atoms with Crippen molar-refractivity contribution in [1.29, 1.82) is 0 Å². The smallest absolute Gasteiger partial charge is 0.316 e. The van der Waals surface area contributed by atoms with Crippen LogP contribution in [0.1, 0.15) is 51.3 Å². The molecule has 0 aromatic carbocycles. The predicted molar refractivity (Wildman–Crippen MR) is 71.6 cm³/mol. The number of carbonyl (C=O) groups excluding carboxylic acids is 1. The van der Waals surface area contributed by atoms with Gasteiger partial charge in [-0.3, -0.25) is 4.79 Å². The van der Waals surface area contributed by atoms with Gasteiger partial charge in [0.1, 0.15) is 18.1 Å². The normalized spacial score (nSPS) is 17.9. The van der Waals surface area contributed by atoms with Crippen molar-refractivity contribution in [2.75, 3.05) is 7.11 Å². The molecule has 19 heavy (non-hydrogen) atoms. The molecule has 0 amide bonds. The van der Waals surface area contributed by atoms with Gasteiger partial charge in [-0.25, -0.2) is 0 Å². The Hall–Kier alpha value is -1.39. The van der Waals surface area contributed by atoms with E-state index in [-0.39, 0.29) is 11.9 Å². The van der Waals surface area contributed by atoms with Gasteiger partial charge in [-0.05, 0) is 24.7 Å². The van der Waals surface area contributed by atoms with Crippen LogP contribution in [0.4, 0.5) is 0 Å². The zero-order chi connectivity index (χ0) is 13.8. The lowest BCUT2D eigenvalue weighted by Gasteiger charge is -2.21. The molecule has 0 bridgehead atoms. The second kappa shape index (κ2) is 6.17. The van der Waals surface area contributed by atoms with E-state index in [9.17, 15) is 4.79 Å². The van der Waals surface area contributed by atoms with Gasteiger partial charge < -0.3 is 9.30 Å². The van der Waals surface area contributed by atoms with Crippen molar-refractivity contribution in [2.45, 2.75) is 52.0 Å². The lowest BCUT2D eigenvalue weighted by atomic mass is 9.90. The number of hydrogen-bond acceptors (Lipinski definition) is 4. The van der Waals surface area contributed by atoms with Gasteiger partial charge in [0, 0.05) is 6.54 Å². The van der Waals surface area contributed by atoms with Crippen LogP contribution in [0.15, 0.2) is 6.33 Å². The molecule has 1 atom stereocenters. The summed E-state index contributed by atoms with van der Waals surface area (Å²) in [5.41, 5.74) is 0. The molecule has 1 saturated carbocycles. The number of nitrogens with zero attached hydrogens (tertiary/aromatic N) is 3. The highest BCUT2D eigenvalue weighted by molar-refractivity contribution is 5.77. The maximum Gasteiger partial charge on any atom is 0.316 e. The van der Waals surface area contributed by atoms with Crippen molar-refractivity contribution in [3.63, 3.8) is 0 Å². The molecule has 1 aromatic rings. The van der Waals surface area contributed by atoms with Gasteiger partial charge >= 0.3 is 5.97 Å². The summed E-state index contributed by atoms with van der Waals surface area (Å²) >= 11 is 0. The van der Waals surface area contributed by atoms with Crippen LogP contribution in [0.25, 0.3) is 0 Å². The average Bonchev–Trinajstić information content (AvgIpc) is 3.02. The summed E-state index contributed by atoms with van der Waals surface area (Å²) in [6.45, 7) is 5.13. The second-order valence-electron chi connectivity index (χ2n) is 5.78. The fraction of sp³-hybridized carbons (Fsp3) is 0.786. The zero-order valence-corrected chi connectivity index (χ0v) is 12.0. The van der Waals surface area contributed by atoms with Gasteiger partial charge in [-0.1, -0.05) is 26.7 Å². The van der Waals surface area contributed by atoms with Gasteiger partial charge in [0.25, 0.3) is 0 Å². The first-order valence-electron chi connectivity index (χ1n) is 7.09. The van der Waals surface area contributed by atoms with E-state index in [0.29, 0.717) is 11.8 Å². The van der Waals surface area contributed by atoms with Crippen LogP contribution in [0.5, 0.6) is 0 Å². The Morgan fingerprint density at radius 1 is 1.47 bits per heavy atom. The molecule has 1 heterocycles. The first kappa shape index (κ1) is 14.0. The van der Waals surface area contributed by atoms with E-state index in [1.54, 1.807) is 6.33 Å². The van der Waals surface area contributed by atoms with Crippen molar-refractivity contribution in [3.8, 4) is 0 Å². The molecule has 0 saturated heterocycles. The van der Waals surface area contributed by atoms with Crippen molar-refractivity contribution < 1.29 is 9.53 Å². The summed E-state index contributed by atoms with van der Waals surface area (Å²) in [7, 11) is 1.45. The average molecular weight is 265 g/mol. The van der Waals surface area contributed by atoms with E-state index in [2.05, 4.69) is 24.0 Å². The minimum atomic E-state index is -0.256. The van der Waals surface area contributed by atoms with Gasteiger partial charge in [-0.2, -0.15) is 0 Å². The molecule has 0 aliphatic heterocycles. The van der Waals surface area contributed by atoms with E-state index >= 15 is 0 Å². The minimum absolute atomic E-state index is 0.176. The highest BCUT2D eigenvalue weighted by atomic mass is 16.5. The summed E-state index contributed by atoms with van der Waals surface area (Å²) in [6, 6.07) is 0. The van der Waals surface area contributed by atoms with Crippen LogP contribution >= 0.6 is 0 Å². The van der Waals surface area contributed by atoms with Crippen molar-refractivity contribution in [3.05, 3.63) is 12.2 Å². The number of aromatic nitrogens is 3. The van der Waals surface area contributed by atoms with Crippen molar-refractivity contribution >= 4 is 5.97 Å². The Kier molecular flexibility index (Phi) is 4.56. The molecule has 1 aliphatic carbocycles. The molecule has 0 radical (unpaired) electrons. The number of hydrogen-bond donors (Lipinski definition) is 0. The van der Waals surface area contributed by atoms with Crippen LogP contribution in [-0.2, 0) is 16.1 Å². The second-order valence-corrected chi connectivity index (χ2v) is 5.78. The van der Waals surface area contributed by atoms with E-state index in [1.165, 1.54) is 20.0 Å². The Balaban J connectivity index is 2.27. The van der Waals surface area contributed by atoms with Crippen LogP contribution in [-0.4, -0.2) is 27.8 Å². The Labute approximate surface area is 114 Å². The van der Waals surface area contributed by atoms with Gasteiger partial charge in [0.05, 0.1) is 7.11 Å². The third-order valence-electron chi connectivity index (χ3n) is 3.81. The summed E-state index contributed by atoms with van der Waals surface area (Å²) in [6.07, 6.45) is 6.26. The van der Waals surface area contributed by atoms with Gasteiger partial charge in [0.15, 0.2) is 0 Å². The van der Waals surface area contributed by atoms with Crippen LogP contribution in [0.2, 0.25) is 0 Å². The van der Waals surface area contributed by atoms with Gasteiger partial charge in [-0.15, -0.1) is 10.2 Å². The molecule has 5 nitrogen and oxygen atoms in total. The first-order valence-corrected chi connectivity index (χ1v) is 7.09. The molecule has 106 valence electrons. The molecule has 0 spiro atoms. The number of ether oxygens (including phenoxy) is 1. The molecule has 5 heteroatoms. The molecule has 1 aromatic heterocycles. The third kappa shape index (κ3) is 3.14. The largest absolute Gasteiger partial charge is 0.468 e. The summed E-state index contributed by atoms with van der Waals surface area (Å²) in [5, 5.41) is 8.18. The maximum atomic E-state index is 12.1. The number of methoxy groups -OCH3 is 1. The maximum absolute atomic E-state index is 12.1. The first-order chi connectivity index (χ1) is 9.13. The third-order valence-corrected chi connectivity index (χ3v) is 3.81. The van der Waals surface area contributed by atoms with Crippen molar-refractivity contribution in [2.24, 2.45) is 11.8 Å². The quantitative estimate of drug-likeness (QED) is 0.767. The highest BCUT2D eigenvalue weighted by Crippen LogP contribution is 2.37. The highest BCUT2D eigenvalue weighted by Gasteiger charge is 2.36. The minimum Gasteiger partial charge on any atom is -0.468 e. The number of carbonyl (C=O) groups is 1. The van der Waals surface area contributed by atoms with E-state index < -0.39 is 0 Å². The van der Waals surface area contributed by atoms with E-state index in [0.717, 1.165) is 25.2 Å². The van der Waals surface area contributed by atoms with Crippen LogP contribution < -0.4 is 0 Å². The summed E-state index contributed by atoms with van der Waals surface area (Å²) in [4.78, 5) is 12.1. The number of rotatable bonds is 5. The van der Waals surface area contributed by atoms with Gasteiger partial charge in [0.2, 0.25) is 0 Å². The van der Waals surface area contributed by atoms with E-state index in [1.807, 2.05) is 4.57 Å². The topological polar surface area (TPSA) is 57.0 Å². The molecule has 1 fully saturated rings. The Morgan fingerprint density at radius 2 is 2.16 bits per heavy atom.